The summed E-state index contributed by atoms with van der Waals surface area (Å²) >= 11 is 0. The van der Waals surface area contributed by atoms with E-state index in [-0.39, 0.29) is 12.1 Å². The molecule has 0 fully saturated rings. The lowest BCUT2D eigenvalue weighted by atomic mass is 10.2. The van der Waals surface area contributed by atoms with Crippen molar-refractivity contribution in [2.75, 3.05) is 20.2 Å². The summed E-state index contributed by atoms with van der Waals surface area (Å²) in [5.74, 6) is 0. The average molecular weight is 301 g/mol. The molecule has 1 aromatic heterocycles. The lowest BCUT2D eigenvalue weighted by molar-refractivity contribution is 0.0809. The first-order valence-electron chi connectivity index (χ1n) is 7.51. The summed E-state index contributed by atoms with van der Waals surface area (Å²) in [5.41, 5.74) is 1.81. The average Bonchev–Trinajstić information content (AvgIpc) is 2.51. The van der Waals surface area contributed by atoms with E-state index in [1.807, 2.05) is 50.2 Å². The van der Waals surface area contributed by atoms with Crippen LogP contribution in [0.3, 0.4) is 0 Å². The molecule has 2 rings (SSSR count). The van der Waals surface area contributed by atoms with Crippen LogP contribution in [-0.2, 0) is 11.3 Å². The van der Waals surface area contributed by atoms with E-state index in [9.17, 15) is 4.79 Å². The third-order valence-electron chi connectivity index (χ3n) is 3.23. The van der Waals surface area contributed by atoms with Crippen molar-refractivity contribution in [3.63, 3.8) is 0 Å². The Kier molecular flexibility index (Phi) is 5.72. The van der Waals surface area contributed by atoms with Crippen molar-refractivity contribution in [3.8, 4) is 0 Å². The quantitative estimate of drug-likeness (QED) is 0.835. The molecule has 0 saturated heterocycles. The number of rotatable bonds is 6. The topological polar surface area (TPSA) is 54.5 Å². The van der Waals surface area contributed by atoms with E-state index in [0.29, 0.717) is 19.7 Å². The molecule has 1 N–H and O–H groups in total. The van der Waals surface area contributed by atoms with Gasteiger partial charge >= 0.3 is 6.03 Å². The molecule has 0 atom stereocenters. The molecule has 0 spiro atoms. The normalized spacial score (nSPS) is 10.9. The zero-order valence-corrected chi connectivity index (χ0v) is 13.4. The number of nitrogens with one attached hydrogen (secondary N) is 1. The van der Waals surface area contributed by atoms with E-state index in [2.05, 4.69) is 10.3 Å². The van der Waals surface area contributed by atoms with E-state index in [4.69, 9.17) is 4.74 Å². The van der Waals surface area contributed by atoms with Gasteiger partial charge in [-0.2, -0.15) is 0 Å². The third-order valence-corrected chi connectivity index (χ3v) is 3.23. The first kappa shape index (κ1) is 16.2. The molecule has 1 heterocycles. The van der Waals surface area contributed by atoms with Crippen LogP contribution < -0.4 is 5.32 Å². The largest absolute Gasteiger partial charge is 0.377 e. The predicted molar refractivity (Wildman–Crippen MR) is 87.7 cm³/mol. The lowest BCUT2D eigenvalue weighted by Crippen LogP contribution is -2.38. The Morgan fingerprint density at radius 1 is 1.27 bits per heavy atom. The molecule has 0 saturated carbocycles. The molecule has 0 aliphatic rings. The Labute approximate surface area is 131 Å². The van der Waals surface area contributed by atoms with Gasteiger partial charge in [0.05, 0.1) is 30.5 Å². The standard InChI is InChI=1S/C17H23N3O2/c1-13(2)22-11-10-18-17(21)20(3)12-15-9-8-14-6-4-5-7-16(14)19-15/h4-9,13H,10-12H2,1-3H3,(H,18,21). The number of nitrogens with zero attached hydrogens (tertiary/aromatic N) is 2. The highest BCUT2D eigenvalue weighted by Gasteiger charge is 2.09. The van der Waals surface area contributed by atoms with Gasteiger partial charge in [0.25, 0.3) is 0 Å². The van der Waals surface area contributed by atoms with Crippen LogP contribution in [0.15, 0.2) is 36.4 Å². The van der Waals surface area contributed by atoms with Crippen LogP contribution in [0.1, 0.15) is 19.5 Å². The van der Waals surface area contributed by atoms with Crippen LogP contribution in [-0.4, -0.2) is 42.2 Å². The maximum absolute atomic E-state index is 12.0. The Bertz CT molecular complexity index is 628. The fraction of sp³-hybridized carbons (Fsp3) is 0.412. The number of ether oxygens (including phenoxy) is 1. The van der Waals surface area contributed by atoms with Gasteiger partial charge in [0.1, 0.15) is 0 Å². The van der Waals surface area contributed by atoms with Crippen molar-refractivity contribution >= 4 is 16.9 Å². The molecule has 0 radical (unpaired) electrons. The summed E-state index contributed by atoms with van der Waals surface area (Å²) in [5, 5.41) is 3.93. The Hall–Kier alpha value is -2.14. The van der Waals surface area contributed by atoms with Crippen molar-refractivity contribution in [1.29, 1.82) is 0 Å². The molecule has 5 nitrogen and oxygen atoms in total. The maximum atomic E-state index is 12.0. The second-order valence-electron chi connectivity index (χ2n) is 5.50. The highest BCUT2D eigenvalue weighted by molar-refractivity contribution is 5.78. The first-order chi connectivity index (χ1) is 10.6. The molecule has 118 valence electrons. The molecule has 2 aromatic rings. The zero-order valence-electron chi connectivity index (χ0n) is 13.4. The number of urea groups is 1. The van der Waals surface area contributed by atoms with Gasteiger partial charge in [0, 0.05) is 19.0 Å². The van der Waals surface area contributed by atoms with Gasteiger partial charge in [-0.3, -0.25) is 4.98 Å². The summed E-state index contributed by atoms with van der Waals surface area (Å²) in [6.45, 7) is 5.44. The maximum Gasteiger partial charge on any atom is 0.317 e. The number of pyridine rings is 1. The smallest absolute Gasteiger partial charge is 0.317 e. The number of amides is 2. The van der Waals surface area contributed by atoms with Gasteiger partial charge in [-0.05, 0) is 26.0 Å². The van der Waals surface area contributed by atoms with Crippen molar-refractivity contribution in [3.05, 3.63) is 42.1 Å². The number of hydrogen-bond acceptors (Lipinski definition) is 3. The molecule has 0 aliphatic carbocycles. The lowest BCUT2D eigenvalue weighted by Gasteiger charge is -2.18. The van der Waals surface area contributed by atoms with Crippen LogP contribution in [0.25, 0.3) is 10.9 Å². The van der Waals surface area contributed by atoms with Crippen LogP contribution in [0.2, 0.25) is 0 Å². The van der Waals surface area contributed by atoms with E-state index in [0.717, 1.165) is 16.6 Å². The van der Waals surface area contributed by atoms with Crippen LogP contribution in [0.4, 0.5) is 4.79 Å². The zero-order chi connectivity index (χ0) is 15.9. The van der Waals surface area contributed by atoms with E-state index >= 15 is 0 Å². The fourth-order valence-electron chi connectivity index (χ4n) is 2.10. The van der Waals surface area contributed by atoms with Crippen LogP contribution >= 0.6 is 0 Å². The summed E-state index contributed by atoms with van der Waals surface area (Å²) in [4.78, 5) is 18.2. The molecule has 0 unspecified atom stereocenters. The van der Waals surface area contributed by atoms with Gasteiger partial charge in [-0.15, -0.1) is 0 Å². The second kappa shape index (κ2) is 7.75. The van der Waals surface area contributed by atoms with Crippen LogP contribution in [0.5, 0.6) is 0 Å². The van der Waals surface area contributed by atoms with Gasteiger partial charge < -0.3 is 15.0 Å². The molecule has 5 heteroatoms. The fourth-order valence-corrected chi connectivity index (χ4v) is 2.10. The van der Waals surface area contributed by atoms with Gasteiger partial charge in [0.15, 0.2) is 0 Å². The first-order valence-corrected chi connectivity index (χ1v) is 7.51. The monoisotopic (exact) mass is 301 g/mol. The number of benzene rings is 1. The Balaban J connectivity index is 1.86. The van der Waals surface area contributed by atoms with Crippen molar-refractivity contribution < 1.29 is 9.53 Å². The van der Waals surface area contributed by atoms with E-state index < -0.39 is 0 Å². The highest BCUT2D eigenvalue weighted by atomic mass is 16.5. The minimum absolute atomic E-state index is 0.123. The van der Waals surface area contributed by atoms with E-state index in [1.165, 1.54) is 0 Å². The highest BCUT2D eigenvalue weighted by Crippen LogP contribution is 2.12. The summed E-state index contributed by atoms with van der Waals surface area (Å²) in [6, 6.07) is 11.8. The number of aromatic nitrogens is 1. The number of carbonyl (C=O) groups excluding carboxylic acids is 1. The second-order valence-corrected chi connectivity index (χ2v) is 5.50. The number of fused-ring (bicyclic) bond motifs is 1. The number of hydrogen-bond donors (Lipinski definition) is 1. The van der Waals surface area contributed by atoms with Gasteiger partial charge in [0.2, 0.25) is 0 Å². The Morgan fingerprint density at radius 2 is 2.05 bits per heavy atom. The molecular formula is C17H23N3O2. The van der Waals surface area contributed by atoms with Crippen molar-refractivity contribution in [2.24, 2.45) is 0 Å². The van der Waals surface area contributed by atoms with Crippen LogP contribution in [0, 0.1) is 0 Å². The van der Waals surface area contributed by atoms with Crippen molar-refractivity contribution in [1.82, 2.24) is 15.2 Å². The van der Waals surface area contributed by atoms with Gasteiger partial charge in [-0.1, -0.05) is 24.3 Å². The SMILES string of the molecule is CC(C)OCCNC(=O)N(C)Cc1ccc2ccccc2n1. The van der Waals surface area contributed by atoms with Crippen molar-refractivity contribution in [2.45, 2.75) is 26.5 Å². The molecule has 2 amide bonds. The molecule has 0 bridgehead atoms. The van der Waals surface area contributed by atoms with E-state index in [1.54, 1.807) is 11.9 Å². The summed E-state index contributed by atoms with van der Waals surface area (Å²) in [6.07, 6.45) is 0.177. The molecular weight excluding hydrogens is 278 g/mol. The third kappa shape index (κ3) is 4.70. The molecule has 22 heavy (non-hydrogen) atoms. The minimum atomic E-state index is -0.123. The Morgan fingerprint density at radius 3 is 2.82 bits per heavy atom. The number of carbonyl (C=O) groups is 1. The number of para-hydroxylation sites is 1. The summed E-state index contributed by atoms with van der Waals surface area (Å²) in [7, 11) is 1.76. The molecule has 0 aliphatic heterocycles. The minimum Gasteiger partial charge on any atom is -0.377 e. The predicted octanol–water partition coefficient (Wildman–Crippen LogP) is 2.80. The summed E-state index contributed by atoms with van der Waals surface area (Å²) < 4.78 is 5.39. The molecule has 1 aromatic carbocycles. The van der Waals surface area contributed by atoms with Gasteiger partial charge in [-0.25, -0.2) is 4.79 Å².